The van der Waals surface area contributed by atoms with E-state index in [2.05, 4.69) is 4.98 Å². The number of benzene rings is 1. The van der Waals surface area contributed by atoms with Gasteiger partial charge in [0, 0.05) is 12.4 Å². The summed E-state index contributed by atoms with van der Waals surface area (Å²) in [6.45, 7) is 0.428. The molecule has 0 fully saturated rings. The normalized spacial score (nSPS) is 11.5. The molecule has 0 aliphatic carbocycles. The van der Waals surface area contributed by atoms with Crippen molar-refractivity contribution in [2.45, 2.75) is 6.18 Å². The van der Waals surface area contributed by atoms with E-state index in [1.54, 1.807) is 19.2 Å². The molecule has 2 aromatic rings. The Morgan fingerprint density at radius 3 is 2.62 bits per heavy atom. The van der Waals surface area contributed by atoms with E-state index >= 15 is 0 Å². The molecule has 0 aliphatic rings. The van der Waals surface area contributed by atoms with Crippen LogP contribution in [0.1, 0.15) is 5.69 Å². The summed E-state index contributed by atoms with van der Waals surface area (Å²) in [4.78, 5) is 5.04. The third kappa shape index (κ3) is 4.07. The summed E-state index contributed by atoms with van der Waals surface area (Å²) in [5, 5.41) is 1.20. The van der Waals surface area contributed by atoms with Crippen molar-refractivity contribution in [2.24, 2.45) is 0 Å². The van der Waals surface area contributed by atoms with Crippen LogP contribution in [0.4, 0.5) is 22.7 Å². The molecule has 2 rings (SSSR count). The number of ether oxygens (including phenoxy) is 1. The lowest BCUT2D eigenvalue weighted by molar-refractivity contribution is -0.140. The maximum Gasteiger partial charge on any atom is 0.434 e. The lowest BCUT2D eigenvalue weighted by Gasteiger charge is -2.16. The second-order valence-corrected chi connectivity index (χ2v) is 5.05. The van der Waals surface area contributed by atoms with Gasteiger partial charge in [-0.25, -0.2) is 9.37 Å². The third-order valence-corrected chi connectivity index (χ3v) is 3.58. The van der Waals surface area contributed by atoms with Crippen LogP contribution in [0.2, 0.25) is 0 Å². The SMILES string of the molecule is CN(CCOc1ccccc1F)c1nc(C(F)(F)F)cs1. The average Bonchev–Trinajstić information content (AvgIpc) is 2.90. The molecule has 0 bridgehead atoms. The molecule has 0 N–H and O–H groups in total. The second kappa shape index (κ2) is 6.30. The van der Waals surface area contributed by atoms with Gasteiger partial charge in [0.25, 0.3) is 0 Å². The summed E-state index contributed by atoms with van der Waals surface area (Å²) in [5.74, 6) is -0.366. The van der Waals surface area contributed by atoms with Crippen LogP contribution in [-0.2, 0) is 6.18 Å². The fraction of sp³-hybridized carbons (Fsp3) is 0.308. The largest absolute Gasteiger partial charge is 0.489 e. The monoisotopic (exact) mass is 320 g/mol. The Morgan fingerprint density at radius 1 is 1.29 bits per heavy atom. The van der Waals surface area contributed by atoms with Crippen LogP contribution < -0.4 is 9.64 Å². The molecule has 0 saturated carbocycles. The number of para-hydroxylation sites is 1. The quantitative estimate of drug-likeness (QED) is 0.783. The van der Waals surface area contributed by atoms with Crippen LogP contribution in [0.3, 0.4) is 0 Å². The van der Waals surface area contributed by atoms with Crippen molar-refractivity contribution < 1.29 is 22.3 Å². The topological polar surface area (TPSA) is 25.4 Å². The van der Waals surface area contributed by atoms with Gasteiger partial charge in [-0.05, 0) is 12.1 Å². The minimum Gasteiger partial charge on any atom is -0.489 e. The summed E-state index contributed by atoms with van der Waals surface area (Å²) in [7, 11) is 1.60. The number of aromatic nitrogens is 1. The van der Waals surface area contributed by atoms with Gasteiger partial charge in [-0.15, -0.1) is 11.3 Å². The molecule has 0 saturated heterocycles. The van der Waals surface area contributed by atoms with E-state index in [-0.39, 0.29) is 17.5 Å². The van der Waals surface area contributed by atoms with Crippen LogP contribution in [0.25, 0.3) is 0 Å². The van der Waals surface area contributed by atoms with Crippen LogP contribution in [-0.4, -0.2) is 25.2 Å². The average molecular weight is 320 g/mol. The minimum atomic E-state index is -4.45. The smallest absolute Gasteiger partial charge is 0.434 e. The van der Waals surface area contributed by atoms with Gasteiger partial charge in [0.1, 0.15) is 6.61 Å². The van der Waals surface area contributed by atoms with Crippen molar-refractivity contribution >= 4 is 16.5 Å². The van der Waals surface area contributed by atoms with Crippen LogP contribution in [0.15, 0.2) is 29.6 Å². The lowest BCUT2D eigenvalue weighted by Crippen LogP contribution is -2.24. The first-order valence-corrected chi connectivity index (χ1v) is 6.87. The lowest BCUT2D eigenvalue weighted by atomic mass is 10.3. The summed E-state index contributed by atoms with van der Waals surface area (Å²) >= 11 is 0.899. The molecule has 1 heterocycles. The highest BCUT2D eigenvalue weighted by Crippen LogP contribution is 2.32. The van der Waals surface area contributed by atoms with Crippen LogP contribution in [0, 0.1) is 5.82 Å². The Labute approximate surface area is 122 Å². The van der Waals surface area contributed by atoms with Crippen molar-refractivity contribution in [3.8, 4) is 5.75 Å². The summed E-state index contributed by atoms with van der Waals surface area (Å²) < 4.78 is 55.9. The molecule has 3 nitrogen and oxygen atoms in total. The number of rotatable bonds is 5. The van der Waals surface area contributed by atoms with Gasteiger partial charge in [0.2, 0.25) is 0 Å². The second-order valence-electron chi connectivity index (χ2n) is 4.21. The van der Waals surface area contributed by atoms with Crippen molar-refractivity contribution in [3.05, 3.63) is 41.2 Å². The Bertz CT molecular complexity index is 600. The molecular formula is C13H12F4N2OS. The van der Waals surface area contributed by atoms with Crippen molar-refractivity contribution in [3.63, 3.8) is 0 Å². The number of halogens is 4. The van der Waals surface area contributed by atoms with Gasteiger partial charge in [-0.2, -0.15) is 13.2 Å². The predicted octanol–water partition coefficient (Wildman–Crippen LogP) is 3.82. The van der Waals surface area contributed by atoms with Gasteiger partial charge in [0.15, 0.2) is 22.4 Å². The molecule has 0 atom stereocenters. The molecule has 0 spiro atoms. The Hall–Kier alpha value is -1.83. The molecule has 0 unspecified atom stereocenters. The molecule has 114 valence electrons. The molecule has 0 amide bonds. The highest BCUT2D eigenvalue weighted by molar-refractivity contribution is 7.13. The Kier molecular flexibility index (Phi) is 4.66. The molecule has 8 heteroatoms. The first-order valence-electron chi connectivity index (χ1n) is 5.99. The van der Waals surface area contributed by atoms with Crippen molar-refractivity contribution in [1.82, 2.24) is 4.98 Å². The van der Waals surface area contributed by atoms with Gasteiger partial charge in [-0.1, -0.05) is 12.1 Å². The zero-order chi connectivity index (χ0) is 15.5. The van der Waals surface area contributed by atoms with E-state index in [0.29, 0.717) is 6.54 Å². The minimum absolute atomic E-state index is 0.112. The van der Waals surface area contributed by atoms with E-state index in [4.69, 9.17) is 4.74 Å². The number of nitrogens with zero attached hydrogens (tertiary/aromatic N) is 2. The summed E-state index contributed by atoms with van der Waals surface area (Å²) in [6, 6.07) is 5.94. The number of likely N-dealkylation sites (N-methyl/N-ethyl adjacent to an activating group) is 1. The number of hydrogen-bond acceptors (Lipinski definition) is 4. The Balaban J connectivity index is 1.89. The van der Waals surface area contributed by atoms with Gasteiger partial charge in [0.05, 0.1) is 6.54 Å². The number of hydrogen-bond donors (Lipinski definition) is 0. The summed E-state index contributed by atoms with van der Waals surface area (Å²) in [5.41, 5.74) is -0.913. The highest BCUT2D eigenvalue weighted by atomic mass is 32.1. The molecule has 0 aliphatic heterocycles. The predicted molar refractivity (Wildman–Crippen MR) is 72.3 cm³/mol. The fourth-order valence-corrected chi connectivity index (χ4v) is 2.35. The highest BCUT2D eigenvalue weighted by Gasteiger charge is 2.34. The van der Waals surface area contributed by atoms with E-state index in [0.717, 1.165) is 16.7 Å². The first-order chi connectivity index (χ1) is 9.88. The molecular weight excluding hydrogens is 308 g/mol. The van der Waals surface area contributed by atoms with Crippen molar-refractivity contribution in [1.29, 1.82) is 0 Å². The van der Waals surface area contributed by atoms with Gasteiger partial charge in [-0.3, -0.25) is 0 Å². The zero-order valence-electron chi connectivity index (χ0n) is 11.0. The van der Waals surface area contributed by atoms with Gasteiger partial charge >= 0.3 is 6.18 Å². The maximum atomic E-state index is 13.3. The molecule has 21 heavy (non-hydrogen) atoms. The van der Waals surface area contributed by atoms with Crippen molar-refractivity contribution in [2.75, 3.05) is 25.1 Å². The first kappa shape index (κ1) is 15.6. The maximum absolute atomic E-state index is 13.3. The zero-order valence-corrected chi connectivity index (χ0v) is 11.8. The molecule has 1 aromatic carbocycles. The molecule has 0 radical (unpaired) electrons. The number of anilines is 1. The van der Waals surface area contributed by atoms with E-state index < -0.39 is 17.7 Å². The van der Waals surface area contributed by atoms with E-state index in [1.165, 1.54) is 17.0 Å². The Morgan fingerprint density at radius 2 is 2.00 bits per heavy atom. The third-order valence-electron chi connectivity index (χ3n) is 2.63. The van der Waals surface area contributed by atoms with Gasteiger partial charge < -0.3 is 9.64 Å². The van der Waals surface area contributed by atoms with E-state index in [9.17, 15) is 17.6 Å². The number of thiazole rings is 1. The fourth-order valence-electron chi connectivity index (χ4n) is 1.52. The van der Waals surface area contributed by atoms with Crippen LogP contribution in [0.5, 0.6) is 5.75 Å². The number of alkyl halides is 3. The van der Waals surface area contributed by atoms with Crippen LogP contribution >= 0.6 is 11.3 Å². The molecule has 1 aromatic heterocycles. The standard InChI is InChI=1S/C13H12F4N2OS/c1-19(12-18-11(8-21-12)13(15,16)17)6-7-20-10-5-3-2-4-9(10)14/h2-5,8H,6-7H2,1H3. The summed E-state index contributed by atoms with van der Waals surface area (Å²) in [6.07, 6.45) is -4.45. The van der Waals surface area contributed by atoms with E-state index in [1.807, 2.05) is 0 Å².